The van der Waals surface area contributed by atoms with E-state index in [0.717, 1.165) is 7.11 Å². The molecule has 0 saturated heterocycles. The Morgan fingerprint density at radius 1 is 0.917 bits per heavy atom. The lowest BCUT2D eigenvalue weighted by molar-refractivity contribution is -0.339. The predicted molar refractivity (Wildman–Crippen MR) is 58.3 cm³/mol. The van der Waals surface area contributed by atoms with Crippen molar-refractivity contribution < 1.29 is 53.4 Å². The topological polar surface area (TPSA) is 26.3 Å². The van der Waals surface area contributed by atoms with Gasteiger partial charge in [0.15, 0.2) is 0 Å². The Morgan fingerprint density at radius 2 is 1.42 bits per heavy atom. The molecule has 0 fully saturated rings. The number of benzene rings is 1. The third-order valence-corrected chi connectivity index (χ3v) is 2.80. The first-order valence-electron chi connectivity index (χ1n) is 5.69. The summed E-state index contributed by atoms with van der Waals surface area (Å²) in [4.78, 5) is 11.3. The van der Waals surface area contributed by atoms with Crippen molar-refractivity contribution in [3.8, 4) is 5.75 Å². The molecule has 0 aliphatic heterocycles. The Balaban J connectivity index is 3.44. The van der Waals surface area contributed by atoms with Gasteiger partial charge in [-0.3, -0.25) is 4.79 Å². The molecule has 0 aliphatic rings. The van der Waals surface area contributed by atoms with Crippen molar-refractivity contribution in [2.24, 2.45) is 0 Å². The first kappa shape index (κ1) is 20.0. The van der Waals surface area contributed by atoms with Gasteiger partial charge in [-0.05, 0) is 18.2 Å². The Morgan fingerprint density at radius 3 is 1.79 bits per heavy atom. The van der Waals surface area contributed by atoms with E-state index in [9.17, 15) is 48.7 Å². The average Bonchev–Trinajstić information content (AvgIpc) is 2.43. The van der Waals surface area contributed by atoms with E-state index in [0.29, 0.717) is 6.07 Å². The zero-order valence-electron chi connectivity index (χ0n) is 11.3. The number of ether oxygens (including phenoxy) is 1. The molecule has 136 valence electrons. The van der Waals surface area contributed by atoms with E-state index in [4.69, 9.17) is 0 Å². The number of hydrogen-bond acceptors (Lipinski definition) is 2. The normalized spacial score (nSPS) is 13.8. The van der Waals surface area contributed by atoms with E-state index >= 15 is 0 Å². The van der Waals surface area contributed by atoms with Gasteiger partial charge in [0.05, 0.1) is 12.7 Å². The van der Waals surface area contributed by atoms with Gasteiger partial charge in [0.25, 0.3) is 0 Å². The molecule has 12 heteroatoms. The quantitative estimate of drug-likeness (QED) is 0.564. The highest BCUT2D eigenvalue weighted by Gasteiger charge is 2.76. The van der Waals surface area contributed by atoms with Crippen LogP contribution in [0.4, 0.5) is 43.9 Å². The highest BCUT2D eigenvalue weighted by atomic mass is 19.4. The van der Waals surface area contributed by atoms with Gasteiger partial charge >= 0.3 is 24.2 Å². The Hall–Kier alpha value is -2.01. The number of alkyl halides is 10. The maximum atomic E-state index is 13.3. The van der Waals surface area contributed by atoms with Crippen molar-refractivity contribution in [3.63, 3.8) is 0 Å². The molecule has 1 aromatic rings. The number of halogens is 10. The van der Waals surface area contributed by atoms with E-state index in [1.54, 1.807) is 0 Å². The van der Waals surface area contributed by atoms with Crippen LogP contribution in [0.1, 0.15) is 15.9 Å². The number of methoxy groups -OCH3 is 1. The second-order valence-corrected chi connectivity index (χ2v) is 4.39. The molecule has 0 heterocycles. The summed E-state index contributed by atoms with van der Waals surface area (Å²) in [6.07, 6.45) is -12.0. The van der Waals surface area contributed by atoms with E-state index < -0.39 is 46.9 Å². The highest BCUT2D eigenvalue weighted by molar-refractivity contribution is 6.02. The fourth-order valence-corrected chi connectivity index (χ4v) is 1.57. The van der Waals surface area contributed by atoms with Gasteiger partial charge in [-0.25, -0.2) is 0 Å². The lowest BCUT2D eigenvalue weighted by Crippen LogP contribution is -2.56. The molecule has 0 spiro atoms. The van der Waals surface area contributed by atoms with Crippen LogP contribution in [0.25, 0.3) is 0 Å². The van der Waals surface area contributed by atoms with Crippen molar-refractivity contribution in [1.82, 2.24) is 0 Å². The molecule has 0 unspecified atom stereocenters. The Kier molecular flexibility index (Phi) is 4.85. The standard InChI is InChI=1S/C12H6F10O2/c1-24-7-3-2-5(4-6(7)10(15,16)17)8(23)9(13,14)11(18,19)12(20,21)22/h2-4H,1H3. The third kappa shape index (κ3) is 3.26. The molecule has 0 atom stereocenters. The van der Waals surface area contributed by atoms with Gasteiger partial charge in [0, 0.05) is 5.56 Å². The molecule has 0 saturated carbocycles. The maximum absolute atomic E-state index is 13.3. The lowest BCUT2D eigenvalue weighted by atomic mass is 9.98. The van der Waals surface area contributed by atoms with Crippen LogP contribution in [0.2, 0.25) is 0 Å². The van der Waals surface area contributed by atoms with Crippen LogP contribution in [-0.2, 0) is 6.18 Å². The van der Waals surface area contributed by atoms with Gasteiger partial charge in [-0.2, -0.15) is 43.9 Å². The van der Waals surface area contributed by atoms with Crippen LogP contribution in [0.15, 0.2) is 18.2 Å². The van der Waals surface area contributed by atoms with E-state index in [1.165, 1.54) is 0 Å². The third-order valence-electron chi connectivity index (χ3n) is 2.80. The lowest BCUT2D eigenvalue weighted by Gasteiger charge is -2.27. The van der Waals surface area contributed by atoms with Crippen LogP contribution in [0, 0.1) is 0 Å². The zero-order valence-corrected chi connectivity index (χ0v) is 11.3. The number of Topliss-reactive ketones (excluding diaryl/α,β-unsaturated/α-hetero) is 1. The van der Waals surface area contributed by atoms with Crippen molar-refractivity contribution in [3.05, 3.63) is 29.3 Å². The molecular weight excluding hydrogens is 366 g/mol. The maximum Gasteiger partial charge on any atom is 0.460 e. The Labute approximate surface area is 127 Å². The van der Waals surface area contributed by atoms with E-state index in [1.807, 2.05) is 0 Å². The van der Waals surface area contributed by atoms with Crippen molar-refractivity contribution in [1.29, 1.82) is 0 Å². The summed E-state index contributed by atoms with van der Waals surface area (Å²) in [5.41, 5.74) is -3.47. The molecule has 0 aromatic heterocycles. The monoisotopic (exact) mass is 372 g/mol. The Bertz CT molecular complexity index is 630. The van der Waals surface area contributed by atoms with E-state index in [-0.39, 0.29) is 12.1 Å². The molecule has 24 heavy (non-hydrogen) atoms. The average molecular weight is 372 g/mol. The smallest absolute Gasteiger partial charge is 0.460 e. The number of hydrogen-bond donors (Lipinski definition) is 0. The first-order valence-corrected chi connectivity index (χ1v) is 5.69. The molecule has 0 aliphatic carbocycles. The summed E-state index contributed by atoms with van der Waals surface area (Å²) in [6, 6.07) is 0.274. The molecular formula is C12H6F10O2. The van der Waals surface area contributed by atoms with Gasteiger partial charge in [0.2, 0.25) is 5.78 Å². The van der Waals surface area contributed by atoms with Gasteiger partial charge < -0.3 is 4.74 Å². The number of carbonyl (C=O) groups is 1. The minimum Gasteiger partial charge on any atom is -0.496 e. The summed E-state index contributed by atoms with van der Waals surface area (Å²) >= 11 is 0. The summed E-state index contributed by atoms with van der Waals surface area (Å²) in [7, 11) is 0.762. The summed E-state index contributed by atoms with van der Waals surface area (Å²) in [6.45, 7) is 0. The van der Waals surface area contributed by atoms with E-state index in [2.05, 4.69) is 4.74 Å². The van der Waals surface area contributed by atoms with Crippen molar-refractivity contribution in [2.45, 2.75) is 24.2 Å². The van der Waals surface area contributed by atoms with Crippen molar-refractivity contribution in [2.75, 3.05) is 7.11 Å². The van der Waals surface area contributed by atoms with Gasteiger partial charge in [0.1, 0.15) is 5.75 Å². The fourth-order valence-electron chi connectivity index (χ4n) is 1.57. The summed E-state index contributed by atoms with van der Waals surface area (Å²) in [5.74, 6) is -17.1. The van der Waals surface area contributed by atoms with Gasteiger partial charge in [-0.15, -0.1) is 0 Å². The second-order valence-electron chi connectivity index (χ2n) is 4.39. The number of carbonyl (C=O) groups excluding carboxylic acids is 1. The highest BCUT2D eigenvalue weighted by Crippen LogP contribution is 2.48. The van der Waals surface area contributed by atoms with Crippen LogP contribution < -0.4 is 4.74 Å². The fraction of sp³-hybridized carbons (Fsp3) is 0.417. The van der Waals surface area contributed by atoms with Crippen LogP contribution >= 0.6 is 0 Å². The second kappa shape index (κ2) is 5.81. The molecule has 2 nitrogen and oxygen atoms in total. The first-order chi connectivity index (χ1) is 10.6. The molecule has 1 rings (SSSR count). The minimum atomic E-state index is -6.79. The van der Waals surface area contributed by atoms with Crippen LogP contribution in [0.3, 0.4) is 0 Å². The summed E-state index contributed by atoms with van der Waals surface area (Å²) in [5, 5.41) is 0. The molecule has 0 amide bonds. The molecule has 0 N–H and O–H groups in total. The predicted octanol–water partition coefficient (Wildman–Crippen LogP) is 4.73. The largest absolute Gasteiger partial charge is 0.496 e. The summed E-state index contributed by atoms with van der Waals surface area (Å²) < 4.78 is 130. The molecule has 1 aromatic carbocycles. The minimum absolute atomic E-state index is 0.219. The molecule has 0 bridgehead atoms. The van der Waals surface area contributed by atoms with Crippen molar-refractivity contribution >= 4 is 5.78 Å². The number of rotatable bonds is 4. The zero-order chi connectivity index (χ0) is 19.1. The van der Waals surface area contributed by atoms with Crippen LogP contribution in [0.5, 0.6) is 5.75 Å². The molecule has 0 radical (unpaired) electrons. The SMILES string of the molecule is COc1ccc(C(=O)C(F)(F)C(F)(F)C(F)(F)F)cc1C(F)(F)F. The van der Waals surface area contributed by atoms with Crippen LogP contribution in [-0.4, -0.2) is 30.9 Å². The number of ketones is 1. The van der Waals surface area contributed by atoms with Gasteiger partial charge in [-0.1, -0.05) is 0 Å².